The van der Waals surface area contributed by atoms with Crippen LogP contribution in [0.25, 0.3) is 20.4 Å². The largest absolute Gasteiger partial charge is 0.340 e. The first-order chi connectivity index (χ1) is 16.0. The van der Waals surface area contributed by atoms with Crippen molar-refractivity contribution in [3.63, 3.8) is 0 Å². The molecule has 1 saturated heterocycles. The molecule has 2 aliphatic rings. The summed E-state index contributed by atoms with van der Waals surface area (Å²) < 4.78 is 0.908. The molecule has 6 rings (SSSR count). The first-order valence-corrected chi connectivity index (χ1v) is 12.8. The quantitative estimate of drug-likeness (QED) is 0.466. The van der Waals surface area contributed by atoms with Gasteiger partial charge in [0.2, 0.25) is 5.91 Å². The fraction of sp³-hybridized carbons (Fsp3) is 0.391. The topological polar surface area (TPSA) is 94.2 Å². The number of hydrogen-bond donors (Lipinski definition) is 2. The number of thiophene rings is 1. The predicted octanol–water partition coefficient (Wildman–Crippen LogP) is 3.56. The van der Waals surface area contributed by atoms with Crippen molar-refractivity contribution >= 4 is 60.5 Å². The Morgan fingerprint density at radius 1 is 1.18 bits per heavy atom. The molecule has 0 aliphatic carbocycles. The van der Waals surface area contributed by atoms with E-state index >= 15 is 0 Å². The summed E-state index contributed by atoms with van der Waals surface area (Å²) in [5.74, 6) is 1.22. The van der Waals surface area contributed by atoms with Gasteiger partial charge in [-0.1, -0.05) is 11.3 Å². The number of nitrogens with one attached hydrogen (secondary N) is 2. The Morgan fingerprint density at radius 3 is 2.88 bits per heavy atom. The van der Waals surface area contributed by atoms with Crippen molar-refractivity contribution in [3.8, 4) is 0 Å². The number of benzene rings is 1. The standard InChI is InChI=1S/C23H24N6O2S2/c1-28-7-4-13(5-8-28)22(30)29-9-6-15-18(11-29)32-21-19(15)20(24-12-25-21)26-14-2-3-16-17(10-14)33-23(31)27-16/h2-3,10,12-13H,4-9,11H2,1H3,(H,27,31)(H,24,25,26). The number of amides is 1. The van der Waals surface area contributed by atoms with Gasteiger partial charge in [-0.25, -0.2) is 9.97 Å². The number of anilines is 2. The number of rotatable bonds is 3. The van der Waals surface area contributed by atoms with Crippen molar-refractivity contribution in [1.29, 1.82) is 0 Å². The third-order valence-corrected chi connectivity index (χ3v) is 8.67. The van der Waals surface area contributed by atoms with Gasteiger partial charge in [-0.3, -0.25) is 9.59 Å². The molecule has 4 aromatic rings. The van der Waals surface area contributed by atoms with Gasteiger partial charge < -0.3 is 20.1 Å². The summed E-state index contributed by atoms with van der Waals surface area (Å²) in [6.07, 6.45) is 4.30. The molecule has 10 heteroatoms. The molecule has 1 fully saturated rings. The molecule has 0 unspecified atom stereocenters. The number of carbonyl (C=O) groups excluding carboxylic acids is 1. The Labute approximate surface area is 198 Å². The number of H-pyrrole nitrogens is 1. The van der Waals surface area contributed by atoms with Crippen molar-refractivity contribution < 1.29 is 4.79 Å². The molecule has 0 atom stereocenters. The van der Waals surface area contributed by atoms with Crippen molar-refractivity contribution in [3.05, 3.63) is 44.6 Å². The molecular formula is C23H24N6O2S2. The number of likely N-dealkylation sites (tertiary alicyclic amines) is 1. The van der Waals surface area contributed by atoms with E-state index in [1.54, 1.807) is 17.7 Å². The van der Waals surface area contributed by atoms with Crippen LogP contribution in [0.2, 0.25) is 0 Å². The molecule has 0 saturated carbocycles. The van der Waals surface area contributed by atoms with Gasteiger partial charge in [0.15, 0.2) is 0 Å². The number of thiazole rings is 1. The lowest BCUT2D eigenvalue weighted by Gasteiger charge is -2.34. The minimum absolute atomic E-state index is 0.0576. The minimum atomic E-state index is -0.0576. The van der Waals surface area contributed by atoms with Crippen LogP contribution in [0.3, 0.4) is 0 Å². The average molecular weight is 481 g/mol. The van der Waals surface area contributed by atoms with Crippen LogP contribution >= 0.6 is 22.7 Å². The van der Waals surface area contributed by atoms with E-state index in [0.717, 1.165) is 70.8 Å². The van der Waals surface area contributed by atoms with Crippen molar-refractivity contribution in [2.75, 3.05) is 32.0 Å². The number of nitrogens with zero attached hydrogens (tertiary/aromatic N) is 4. The van der Waals surface area contributed by atoms with Gasteiger partial charge in [0.1, 0.15) is 17.0 Å². The second kappa shape index (κ2) is 8.19. The summed E-state index contributed by atoms with van der Waals surface area (Å²) in [4.78, 5) is 43.1. The molecule has 2 N–H and O–H groups in total. The molecule has 170 valence electrons. The Balaban J connectivity index is 1.28. The number of carbonyl (C=O) groups is 1. The van der Waals surface area contributed by atoms with Gasteiger partial charge in [0.05, 0.1) is 22.1 Å². The smallest absolute Gasteiger partial charge is 0.305 e. The summed E-state index contributed by atoms with van der Waals surface area (Å²) in [6, 6.07) is 5.82. The summed E-state index contributed by atoms with van der Waals surface area (Å²) in [6.45, 7) is 3.38. The van der Waals surface area contributed by atoms with Gasteiger partial charge >= 0.3 is 4.87 Å². The van der Waals surface area contributed by atoms with Crippen LogP contribution in [-0.2, 0) is 17.8 Å². The highest BCUT2D eigenvalue weighted by atomic mass is 32.1. The summed E-state index contributed by atoms with van der Waals surface area (Å²) in [5, 5.41) is 4.48. The summed E-state index contributed by atoms with van der Waals surface area (Å²) in [7, 11) is 2.12. The summed E-state index contributed by atoms with van der Waals surface area (Å²) in [5.41, 5.74) is 2.97. The Bertz CT molecular complexity index is 1420. The van der Waals surface area contributed by atoms with Gasteiger partial charge in [0.25, 0.3) is 0 Å². The van der Waals surface area contributed by atoms with Gasteiger partial charge in [-0.05, 0) is 63.2 Å². The molecule has 5 heterocycles. The maximum absolute atomic E-state index is 13.1. The van der Waals surface area contributed by atoms with Gasteiger partial charge in [-0.2, -0.15) is 0 Å². The maximum atomic E-state index is 13.1. The van der Waals surface area contributed by atoms with Gasteiger partial charge in [0, 0.05) is 23.0 Å². The van der Waals surface area contributed by atoms with E-state index in [1.165, 1.54) is 21.8 Å². The first kappa shape index (κ1) is 20.8. The van der Waals surface area contributed by atoms with Crippen LogP contribution in [0.1, 0.15) is 23.3 Å². The van der Waals surface area contributed by atoms with Crippen LogP contribution < -0.4 is 10.2 Å². The monoisotopic (exact) mass is 480 g/mol. The molecule has 1 aromatic carbocycles. The second-order valence-electron chi connectivity index (χ2n) is 8.84. The molecule has 2 aliphatic heterocycles. The van der Waals surface area contributed by atoms with Gasteiger partial charge in [-0.15, -0.1) is 11.3 Å². The fourth-order valence-corrected chi connectivity index (χ4v) is 6.86. The maximum Gasteiger partial charge on any atom is 0.305 e. The van der Waals surface area contributed by atoms with Crippen molar-refractivity contribution in [1.82, 2.24) is 24.8 Å². The Morgan fingerprint density at radius 2 is 2.03 bits per heavy atom. The van der Waals surface area contributed by atoms with E-state index in [0.29, 0.717) is 12.5 Å². The fourth-order valence-electron chi connectivity index (χ4n) is 4.88. The van der Waals surface area contributed by atoms with E-state index < -0.39 is 0 Å². The van der Waals surface area contributed by atoms with Crippen LogP contribution in [0.4, 0.5) is 11.5 Å². The van der Waals surface area contributed by atoms with E-state index in [-0.39, 0.29) is 10.8 Å². The van der Waals surface area contributed by atoms with Crippen LogP contribution in [0.5, 0.6) is 0 Å². The molecule has 0 bridgehead atoms. The molecule has 0 radical (unpaired) electrons. The number of piperidine rings is 1. The predicted molar refractivity (Wildman–Crippen MR) is 132 cm³/mol. The van der Waals surface area contributed by atoms with E-state index in [1.807, 2.05) is 23.1 Å². The third kappa shape index (κ3) is 3.81. The van der Waals surface area contributed by atoms with Crippen LogP contribution in [-0.4, -0.2) is 57.3 Å². The van der Waals surface area contributed by atoms with Crippen LogP contribution in [0.15, 0.2) is 29.3 Å². The molecule has 33 heavy (non-hydrogen) atoms. The average Bonchev–Trinajstić information content (AvgIpc) is 3.38. The highest BCUT2D eigenvalue weighted by Gasteiger charge is 2.31. The van der Waals surface area contributed by atoms with Crippen molar-refractivity contribution in [2.45, 2.75) is 25.8 Å². The van der Waals surface area contributed by atoms with E-state index in [4.69, 9.17) is 0 Å². The zero-order chi connectivity index (χ0) is 22.5. The molecule has 3 aromatic heterocycles. The molecular weight excluding hydrogens is 456 g/mol. The Hall–Kier alpha value is -2.82. The molecule has 8 nitrogen and oxygen atoms in total. The zero-order valence-corrected chi connectivity index (χ0v) is 19.9. The first-order valence-electron chi connectivity index (χ1n) is 11.2. The summed E-state index contributed by atoms with van der Waals surface area (Å²) >= 11 is 2.86. The Kier molecular flexibility index (Phi) is 5.16. The highest BCUT2D eigenvalue weighted by Crippen LogP contribution is 2.38. The zero-order valence-electron chi connectivity index (χ0n) is 18.3. The number of aromatic amines is 1. The minimum Gasteiger partial charge on any atom is -0.340 e. The highest BCUT2D eigenvalue weighted by molar-refractivity contribution is 7.19. The lowest BCUT2D eigenvalue weighted by atomic mass is 9.94. The second-order valence-corrected chi connectivity index (χ2v) is 10.9. The van der Waals surface area contributed by atoms with E-state index in [9.17, 15) is 9.59 Å². The third-order valence-electron chi connectivity index (χ3n) is 6.70. The lowest BCUT2D eigenvalue weighted by Crippen LogP contribution is -2.43. The molecule has 0 spiro atoms. The number of aromatic nitrogens is 3. The van der Waals surface area contributed by atoms with Crippen molar-refractivity contribution in [2.24, 2.45) is 5.92 Å². The number of fused-ring (bicyclic) bond motifs is 4. The SMILES string of the molecule is CN1CCC(C(=O)N2CCc3c(sc4ncnc(Nc5ccc6[nH]c(=O)sc6c5)c34)C2)CC1. The normalized spacial score (nSPS) is 17.5. The van der Waals surface area contributed by atoms with Crippen LogP contribution in [0, 0.1) is 5.92 Å². The van der Waals surface area contributed by atoms with E-state index in [2.05, 4.69) is 32.2 Å². The molecule has 1 amide bonds. The number of hydrogen-bond acceptors (Lipinski definition) is 8. The lowest BCUT2D eigenvalue weighted by molar-refractivity contribution is -0.137.